The quantitative estimate of drug-likeness (QED) is 0.610. The van der Waals surface area contributed by atoms with Gasteiger partial charge in [0.15, 0.2) is 0 Å². The lowest BCUT2D eigenvalue weighted by molar-refractivity contribution is -0.583. The fraction of sp³-hybridized carbons (Fsp3) is 0. The minimum Gasteiger partial charge on any atom is -0.754 e. The van der Waals surface area contributed by atoms with Gasteiger partial charge in [-0.1, -0.05) is 37.5 Å². The Kier molecular flexibility index (Phi) is 3.03. The van der Waals surface area contributed by atoms with Gasteiger partial charge in [0.25, 0.3) is 0 Å². The van der Waals surface area contributed by atoms with Crippen LogP contribution in [0.15, 0.2) is 22.7 Å². The van der Waals surface area contributed by atoms with Crippen molar-refractivity contribution in [3.05, 3.63) is 32.9 Å². The highest BCUT2D eigenvalue weighted by Crippen LogP contribution is 2.28. The van der Waals surface area contributed by atoms with Crippen LogP contribution in [0.2, 0.25) is 5.02 Å². The Labute approximate surface area is 110 Å². The molecule has 0 saturated heterocycles. The Morgan fingerprint density at radius 1 is 1.29 bits per heavy atom. The van der Waals surface area contributed by atoms with E-state index < -0.39 is 0 Å². The molecule has 1 heterocycles. The molecule has 1 aromatic carbocycles. The number of nitrogens with two attached hydrogens (primary N) is 2. The molecule has 0 aliphatic heterocycles. The maximum atomic E-state index is 11.7. The maximum Gasteiger partial charge on any atom is 0.348 e. The highest BCUT2D eigenvalue weighted by Gasteiger charge is 2.16. The smallest absolute Gasteiger partial charge is 0.348 e. The normalized spacial score (nSPS) is 10.5. The Morgan fingerprint density at radius 3 is 2.71 bits per heavy atom. The van der Waals surface area contributed by atoms with Crippen LogP contribution < -0.4 is 16.2 Å². The first kappa shape index (κ1) is 11.9. The average Bonchev–Trinajstić information content (AvgIpc) is 2.27. The van der Waals surface area contributed by atoms with Gasteiger partial charge in [0, 0.05) is 4.47 Å². The zero-order chi connectivity index (χ0) is 12.6. The molecule has 0 amide bonds. The van der Waals surface area contributed by atoms with Crippen LogP contribution in [0.25, 0.3) is 11.4 Å². The van der Waals surface area contributed by atoms with Crippen LogP contribution in [-0.2, 0) is 0 Å². The third-order valence-electron chi connectivity index (χ3n) is 2.02. The van der Waals surface area contributed by atoms with E-state index in [0.717, 1.165) is 4.47 Å². The monoisotopic (exact) mass is 315 g/mol. The van der Waals surface area contributed by atoms with Crippen LogP contribution in [-0.4, -0.2) is 9.97 Å². The maximum absolute atomic E-state index is 11.7. The molecular formula is C9H7BrClN5O. The number of benzene rings is 1. The number of halogens is 2. The number of aromatic nitrogens is 3. The summed E-state index contributed by atoms with van der Waals surface area (Å²) in [6.07, 6.45) is 0. The van der Waals surface area contributed by atoms with Crippen LogP contribution in [0.1, 0.15) is 0 Å². The number of rotatable bonds is 1. The first-order valence-electron chi connectivity index (χ1n) is 4.47. The molecule has 1 aromatic heterocycles. The Bertz CT molecular complexity index is 592. The highest BCUT2D eigenvalue weighted by atomic mass is 79.9. The molecule has 17 heavy (non-hydrogen) atoms. The van der Waals surface area contributed by atoms with Gasteiger partial charge in [0.1, 0.15) is 0 Å². The second-order valence-electron chi connectivity index (χ2n) is 3.18. The lowest BCUT2D eigenvalue weighted by Crippen LogP contribution is -2.36. The van der Waals surface area contributed by atoms with Crippen LogP contribution in [0, 0.1) is 5.21 Å². The second-order valence-corrected chi connectivity index (χ2v) is 4.51. The topological polar surface area (TPSA) is 105 Å². The molecule has 0 bridgehead atoms. The highest BCUT2D eigenvalue weighted by molar-refractivity contribution is 9.10. The lowest BCUT2D eigenvalue weighted by atomic mass is 10.2. The van der Waals surface area contributed by atoms with Crippen LogP contribution in [0.3, 0.4) is 0 Å². The van der Waals surface area contributed by atoms with E-state index in [-0.39, 0.29) is 17.7 Å². The third-order valence-corrected chi connectivity index (χ3v) is 2.84. The molecule has 2 aromatic rings. The van der Waals surface area contributed by atoms with Gasteiger partial charge in [-0.05, 0) is 18.2 Å². The molecule has 4 N–H and O–H groups in total. The molecule has 0 saturated carbocycles. The fourth-order valence-electron chi connectivity index (χ4n) is 1.29. The van der Waals surface area contributed by atoms with Gasteiger partial charge in [-0.15, -0.1) is 0 Å². The second kappa shape index (κ2) is 4.34. The summed E-state index contributed by atoms with van der Waals surface area (Å²) in [7, 11) is 0. The largest absolute Gasteiger partial charge is 0.754 e. The summed E-state index contributed by atoms with van der Waals surface area (Å²) in [4.78, 5) is 7.39. The van der Waals surface area contributed by atoms with Crippen LogP contribution >= 0.6 is 27.5 Å². The van der Waals surface area contributed by atoms with E-state index in [1.807, 2.05) is 0 Å². The summed E-state index contributed by atoms with van der Waals surface area (Å²) < 4.78 is 1.14. The summed E-state index contributed by atoms with van der Waals surface area (Å²) >= 11 is 9.27. The zero-order valence-electron chi connectivity index (χ0n) is 8.39. The number of nitrogens with zero attached hydrogens (tertiary/aromatic N) is 3. The zero-order valence-corrected chi connectivity index (χ0v) is 10.7. The molecule has 0 spiro atoms. The van der Waals surface area contributed by atoms with E-state index in [2.05, 4.69) is 25.9 Å². The van der Waals surface area contributed by atoms with Crippen molar-refractivity contribution >= 4 is 39.4 Å². The van der Waals surface area contributed by atoms with Crippen molar-refractivity contribution in [3.8, 4) is 11.4 Å². The van der Waals surface area contributed by atoms with Gasteiger partial charge in [0.05, 0.1) is 10.6 Å². The summed E-state index contributed by atoms with van der Waals surface area (Å²) in [5.41, 5.74) is 11.3. The van der Waals surface area contributed by atoms with E-state index in [4.69, 9.17) is 23.1 Å². The van der Waals surface area contributed by atoms with Crippen molar-refractivity contribution in [2.45, 2.75) is 0 Å². The number of hydrogen-bond acceptors (Lipinski definition) is 5. The first-order valence-corrected chi connectivity index (χ1v) is 5.64. The van der Waals surface area contributed by atoms with E-state index >= 15 is 0 Å². The van der Waals surface area contributed by atoms with Gasteiger partial charge < -0.3 is 16.7 Å². The Balaban J connectivity index is 2.72. The molecule has 0 aliphatic carbocycles. The predicted molar refractivity (Wildman–Crippen MR) is 68.0 cm³/mol. The van der Waals surface area contributed by atoms with Gasteiger partial charge in [-0.25, -0.2) is 4.73 Å². The van der Waals surface area contributed by atoms with Gasteiger partial charge in [-0.3, -0.25) is 0 Å². The molecular weight excluding hydrogens is 309 g/mol. The van der Waals surface area contributed by atoms with Crippen molar-refractivity contribution in [2.75, 3.05) is 11.5 Å². The number of hydrogen-bond donors (Lipinski definition) is 2. The van der Waals surface area contributed by atoms with Crippen molar-refractivity contribution in [2.24, 2.45) is 0 Å². The lowest BCUT2D eigenvalue weighted by Gasteiger charge is -2.11. The molecule has 0 radical (unpaired) electrons. The fourth-order valence-corrected chi connectivity index (χ4v) is 1.85. The van der Waals surface area contributed by atoms with E-state index in [0.29, 0.717) is 15.3 Å². The van der Waals surface area contributed by atoms with Crippen LogP contribution in [0.5, 0.6) is 0 Å². The molecule has 88 valence electrons. The molecule has 6 nitrogen and oxygen atoms in total. The van der Waals surface area contributed by atoms with Crippen molar-refractivity contribution in [3.63, 3.8) is 0 Å². The summed E-state index contributed by atoms with van der Waals surface area (Å²) in [6.45, 7) is 0. The standard InChI is InChI=1S/C9H7BrClN5O/c10-4-1-2-6(11)5(3-4)7-14-8(12)15-9(13)16(7)17/h1-3H,(H4,12,13,14,15). The summed E-state index contributed by atoms with van der Waals surface area (Å²) in [5, 5.41) is 12.1. The van der Waals surface area contributed by atoms with Gasteiger partial charge in [-0.2, -0.15) is 0 Å². The molecule has 0 atom stereocenters. The number of anilines is 2. The summed E-state index contributed by atoms with van der Waals surface area (Å²) in [6, 6.07) is 5.03. The minimum atomic E-state index is -0.274. The predicted octanol–water partition coefficient (Wildman–Crippen LogP) is 1.36. The Morgan fingerprint density at radius 2 is 2.00 bits per heavy atom. The van der Waals surface area contributed by atoms with E-state index in [1.165, 1.54) is 0 Å². The minimum absolute atomic E-state index is 0.0151. The van der Waals surface area contributed by atoms with E-state index in [9.17, 15) is 5.21 Å². The van der Waals surface area contributed by atoms with Crippen LogP contribution in [0.4, 0.5) is 11.9 Å². The molecule has 2 rings (SSSR count). The average molecular weight is 317 g/mol. The number of nitrogen functional groups attached to an aromatic ring is 2. The molecule has 0 aliphatic rings. The third kappa shape index (κ3) is 2.25. The first-order chi connectivity index (χ1) is 7.99. The molecule has 0 fully saturated rings. The van der Waals surface area contributed by atoms with Crippen molar-refractivity contribution in [1.82, 2.24) is 9.97 Å². The Hall–Kier alpha value is -1.60. The van der Waals surface area contributed by atoms with Gasteiger partial charge in [0.2, 0.25) is 5.82 Å². The van der Waals surface area contributed by atoms with Crippen molar-refractivity contribution < 1.29 is 4.73 Å². The SMILES string of the molecule is Nc1nc(N)[n+]([O-])c(-c2cc(Br)ccc2Cl)n1. The summed E-state index contributed by atoms with van der Waals surface area (Å²) in [5.74, 6) is -0.342. The van der Waals surface area contributed by atoms with E-state index in [1.54, 1.807) is 18.2 Å². The molecule has 0 unspecified atom stereocenters. The van der Waals surface area contributed by atoms with Gasteiger partial charge >= 0.3 is 11.9 Å². The molecule has 8 heteroatoms. The van der Waals surface area contributed by atoms with Crippen molar-refractivity contribution in [1.29, 1.82) is 0 Å².